The van der Waals surface area contributed by atoms with Gasteiger partial charge in [-0.3, -0.25) is 4.72 Å². The highest BCUT2D eigenvalue weighted by atomic mass is 35.5. The predicted molar refractivity (Wildman–Crippen MR) is 85.4 cm³/mol. The number of rotatable bonds is 5. The standard InChI is InChI=1S/C15H12ClNO4S/c16-12-5-7-13(8-6-12)17-22(20,21)14-3-1-2-11(10-14)4-9-15(18)19/h1-10,17H,(H,18,19). The first-order valence-corrected chi connectivity index (χ1v) is 8.02. The zero-order valence-electron chi connectivity index (χ0n) is 11.2. The number of hydrogen-bond donors (Lipinski definition) is 2. The van der Waals surface area contributed by atoms with Gasteiger partial charge in [0.05, 0.1) is 4.90 Å². The Morgan fingerprint density at radius 3 is 2.45 bits per heavy atom. The third-order valence-corrected chi connectivity index (χ3v) is 4.31. The average Bonchev–Trinajstić information content (AvgIpc) is 2.48. The number of carboxylic acids is 1. The van der Waals surface area contributed by atoms with E-state index in [1.807, 2.05) is 0 Å². The molecule has 2 N–H and O–H groups in total. The zero-order chi connectivity index (χ0) is 16.2. The molecule has 0 saturated carbocycles. The van der Waals surface area contributed by atoms with Crippen LogP contribution < -0.4 is 4.72 Å². The van der Waals surface area contributed by atoms with Gasteiger partial charge in [-0.2, -0.15) is 0 Å². The maximum absolute atomic E-state index is 12.3. The highest BCUT2D eigenvalue weighted by Crippen LogP contribution is 2.19. The van der Waals surface area contributed by atoms with E-state index in [0.717, 1.165) is 6.08 Å². The number of sulfonamides is 1. The molecule has 7 heteroatoms. The molecule has 0 radical (unpaired) electrons. The maximum Gasteiger partial charge on any atom is 0.328 e. The molecule has 2 rings (SSSR count). The zero-order valence-corrected chi connectivity index (χ0v) is 12.8. The van der Waals surface area contributed by atoms with Crippen molar-refractivity contribution >= 4 is 39.4 Å². The van der Waals surface area contributed by atoms with Crippen LogP contribution in [-0.2, 0) is 14.8 Å². The van der Waals surface area contributed by atoms with Crippen LogP contribution >= 0.6 is 11.6 Å². The molecule has 2 aromatic rings. The lowest BCUT2D eigenvalue weighted by Crippen LogP contribution is -2.12. The summed E-state index contributed by atoms with van der Waals surface area (Å²) in [6.07, 6.45) is 2.27. The molecule has 0 aliphatic carbocycles. The van der Waals surface area contributed by atoms with Crippen molar-refractivity contribution in [3.63, 3.8) is 0 Å². The molecule has 0 aromatic heterocycles. The number of carboxylic acid groups (broad SMARTS) is 1. The molecule has 0 bridgehead atoms. The highest BCUT2D eigenvalue weighted by Gasteiger charge is 2.14. The lowest BCUT2D eigenvalue weighted by Gasteiger charge is -2.08. The fourth-order valence-corrected chi connectivity index (χ4v) is 2.92. The summed E-state index contributed by atoms with van der Waals surface area (Å²) < 4.78 is 27.0. The van der Waals surface area contributed by atoms with E-state index in [9.17, 15) is 13.2 Å². The van der Waals surface area contributed by atoms with Crippen LogP contribution in [0.1, 0.15) is 5.56 Å². The minimum absolute atomic E-state index is 0.0370. The van der Waals surface area contributed by atoms with E-state index >= 15 is 0 Å². The van der Waals surface area contributed by atoms with Crippen molar-refractivity contribution in [2.24, 2.45) is 0 Å². The molecule has 2 aromatic carbocycles. The summed E-state index contributed by atoms with van der Waals surface area (Å²) in [5.41, 5.74) is 0.859. The Kier molecular flexibility index (Phi) is 4.85. The summed E-state index contributed by atoms with van der Waals surface area (Å²) in [7, 11) is -3.76. The molecule has 0 amide bonds. The quantitative estimate of drug-likeness (QED) is 0.820. The van der Waals surface area contributed by atoms with E-state index in [1.54, 1.807) is 30.3 Å². The smallest absolute Gasteiger partial charge is 0.328 e. The largest absolute Gasteiger partial charge is 0.478 e. The third kappa shape index (κ3) is 4.34. The molecular weight excluding hydrogens is 326 g/mol. The Labute approximate surface area is 132 Å². The van der Waals surface area contributed by atoms with Crippen molar-refractivity contribution in [3.8, 4) is 0 Å². The molecule has 0 saturated heterocycles. The Morgan fingerprint density at radius 2 is 1.82 bits per heavy atom. The van der Waals surface area contributed by atoms with Crippen LogP contribution in [0, 0.1) is 0 Å². The number of hydrogen-bond acceptors (Lipinski definition) is 3. The van der Waals surface area contributed by atoms with E-state index < -0.39 is 16.0 Å². The summed E-state index contributed by atoms with van der Waals surface area (Å²) in [6, 6.07) is 12.2. The van der Waals surface area contributed by atoms with E-state index in [-0.39, 0.29) is 4.90 Å². The molecule has 0 unspecified atom stereocenters. The van der Waals surface area contributed by atoms with Crippen LogP contribution in [-0.4, -0.2) is 19.5 Å². The molecular formula is C15H12ClNO4S. The second kappa shape index (κ2) is 6.64. The van der Waals surface area contributed by atoms with Gasteiger partial charge in [-0.1, -0.05) is 23.7 Å². The third-order valence-electron chi connectivity index (χ3n) is 2.68. The van der Waals surface area contributed by atoms with Gasteiger partial charge in [0.15, 0.2) is 0 Å². The monoisotopic (exact) mass is 337 g/mol. The molecule has 22 heavy (non-hydrogen) atoms. The number of halogens is 1. The highest BCUT2D eigenvalue weighted by molar-refractivity contribution is 7.92. The summed E-state index contributed by atoms with van der Waals surface area (Å²) in [5.74, 6) is -1.10. The first-order valence-electron chi connectivity index (χ1n) is 6.16. The molecule has 0 fully saturated rings. The molecule has 0 atom stereocenters. The molecule has 114 valence electrons. The fourth-order valence-electron chi connectivity index (χ4n) is 1.68. The lowest BCUT2D eigenvalue weighted by atomic mass is 10.2. The molecule has 5 nitrogen and oxygen atoms in total. The van der Waals surface area contributed by atoms with Crippen LogP contribution in [0.4, 0.5) is 5.69 Å². The van der Waals surface area contributed by atoms with Gasteiger partial charge < -0.3 is 5.11 Å². The van der Waals surface area contributed by atoms with E-state index in [2.05, 4.69) is 4.72 Å². The summed E-state index contributed by atoms with van der Waals surface area (Å²) in [4.78, 5) is 10.5. The van der Waals surface area contributed by atoms with Gasteiger partial charge in [0.2, 0.25) is 0 Å². The van der Waals surface area contributed by atoms with Gasteiger partial charge in [-0.15, -0.1) is 0 Å². The molecule has 0 aliphatic heterocycles. The number of carbonyl (C=O) groups is 1. The topological polar surface area (TPSA) is 83.5 Å². The first-order chi connectivity index (χ1) is 10.4. The summed E-state index contributed by atoms with van der Waals surface area (Å²) in [5, 5.41) is 9.10. The number of aliphatic carboxylic acids is 1. The van der Waals surface area contributed by atoms with Crippen molar-refractivity contribution in [2.45, 2.75) is 4.90 Å². The minimum atomic E-state index is -3.76. The normalized spacial score (nSPS) is 11.5. The van der Waals surface area contributed by atoms with Gasteiger partial charge in [-0.25, -0.2) is 13.2 Å². The van der Waals surface area contributed by atoms with Gasteiger partial charge in [-0.05, 0) is 48.0 Å². The van der Waals surface area contributed by atoms with E-state index in [1.165, 1.54) is 24.3 Å². The van der Waals surface area contributed by atoms with Crippen LogP contribution in [0.5, 0.6) is 0 Å². The van der Waals surface area contributed by atoms with Crippen LogP contribution in [0.25, 0.3) is 6.08 Å². The predicted octanol–water partition coefficient (Wildman–Crippen LogP) is 3.24. The van der Waals surface area contributed by atoms with Crippen LogP contribution in [0.2, 0.25) is 5.02 Å². The van der Waals surface area contributed by atoms with Crippen molar-refractivity contribution in [3.05, 3.63) is 65.2 Å². The first kappa shape index (κ1) is 16.1. The second-order valence-corrected chi connectivity index (χ2v) is 6.48. The van der Waals surface area contributed by atoms with Gasteiger partial charge in [0.25, 0.3) is 10.0 Å². The summed E-state index contributed by atoms with van der Waals surface area (Å²) in [6.45, 7) is 0. The molecule has 0 aliphatic rings. The lowest BCUT2D eigenvalue weighted by molar-refractivity contribution is -0.131. The van der Waals surface area contributed by atoms with Crippen LogP contribution in [0.3, 0.4) is 0 Å². The Balaban J connectivity index is 2.27. The Bertz CT molecular complexity index is 814. The molecule has 0 spiro atoms. The SMILES string of the molecule is O=C(O)C=Cc1cccc(S(=O)(=O)Nc2ccc(Cl)cc2)c1. The number of benzene rings is 2. The van der Waals surface area contributed by atoms with Crippen molar-refractivity contribution < 1.29 is 18.3 Å². The average molecular weight is 338 g/mol. The van der Waals surface area contributed by atoms with Crippen molar-refractivity contribution in [2.75, 3.05) is 4.72 Å². The van der Waals surface area contributed by atoms with Gasteiger partial charge >= 0.3 is 5.97 Å². The number of nitrogens with one attached hydrogen (secondary N) is 1. The van der Waals surface area contributed by atoms with Gasteiger partial charge in [0.1, 0.15) is 0 Å². The Hall–Kier alpha value is -2.31. The second-order valence-electron chi connectivity index (χ2n) is 4.36. The van der Waals surface area contributed by atoms with E-state index in [0.29, 0.717) is 16.3 Å². The van der Waals surface area contributed by atoms with Crippen molar-refractivity contribution in [1.29, 1.82) is 0 Å². The minimum Gasteiger partial charge on any atom is -0.478 e. The molecule has 0 heterocycles. The summed E-state index contributed by atoms with van der Waals surface area (Å²) >= 11 is 5.75. The van der Waals surface area contributed by atoms with Crippen molar-refractivity contribution in [1.82, 2.24) is 0 Å². The van der Waals surface area contributed by atoms with E-state index in [4.69, 9.17) is 16.7 Å². The number of anilines is 1. The van der Waals surface area contributed by atoms with Gasteiger partial charge in [0, 0.05) is 16.8 Å². The fraction of sp³-hybridized carbons (Fsp3) is 0. The maximum atomic E-state index is 12.3. The van der Waals surface area contributed by atoms with Crippen LogP contribution in [0.15, 0.2) is 59.5 Å². The Morgan fingerprint density at radius 1 is 1.14 bits per heavy atom.